The number of carbonyl (C=O) groups excluding carboxylic acids is 1. The lowest BCUT2D eigenvalue weighted by atomic mass is 9.81. The first-order chi connectivity index (χ1) is 7.03. The Morgan fingerprint density at radius 3 is 2.47 bits per heavy atom. The van der Waals surface area contributed by atoms with E-state index in [1.165, 1.54) is 32.1 Å². The van der Waals surface area contributed by atoms with Crippen molar-refractivity contribution >= 4 is 5.91 Å². The maximum Gasteiger partial charge on any atom is 0.234 e. The normalized spacial score (nSPS) is 18.9. The minimum Gasteiger partial charge on any atom is -0.350 e. The van der Waals surface area contributed by atoms with Crippen LogP contribution in [0.4, 0.5) is 0 Å². The van der Waals surface area contributed by atoms with E-state index < -0.39 is 0 Å². The van der Waals surface area contributed by atoms with Crippen LogP contribution in [0.25, 0.3) is 0 Å². The third-order valence-corrected chi connectivity index (χ3v) is 3.19. The van der Waals surface area contributed by atoms with Crippen molar-refractivity contribution in [1.82, 2.24) is 5.32 Å². The number of nitrogens with two attached hydrogens (primary N) is 1. The summed E-state index contributed by atoms with van der Waals surface area (Å²) in [4.78, 5) is 11.2. The molecule has 0 aromatic carbocycles. The third-order valence-electron chi connectivity index (χ3n) is 3.19. The van der Waals surface area contributed by atoms with Gasteiger partial charge in [-0.15, -0.1) is 0 Å². The topological polar surface area (TPSA) is 55.1 Å². The lowest BCUT2D eigenvalue weighted by Crippen LogP contribution is -2.47. The molecule has 1 fully saturated rings. The van der Waals surface area contributed by atoms with Crippen molar-refractivity contribution < 1.29 is 4.79 Å². The van der Waals surface area contributed by atoms with Crippen LogP contribution in [-0.2, 0) is 4.79 Å². The van der Waals surface area contributed by atoms with E-state index in [9.17, 15) is 4.79 Å². The molecule has 3 nitrogen and oxygen atoms in total. The van der Waals surface area contributed by atoms with Gasteiger partial charge in [0.25, 0.3) is 0 Å². The molecular formula is C12H24N2O. The summed E-state index contributed by atoms with van der Waals surface area (Å²) in [6.45, 7) is 4.28. The molecule has 15 heavy (non-hydrogen) atoms. The van der Waals surface area contributed by atoms with Gasteiger partial charge in [-0.25, -0.2) is 0 Å². The summed E-state index contributed by atoms with van der Waals surface area (Å²) >= 11 is 0. The van der Waals surface area contributed by atoms with E-state index in [4.69, 9.17) is 5.73 Å². The Bertz CT molecular complexity index is 208. The van der Waals surface area contributed by atoms with Gasteiger partial charge in [0.1, 0.15) is 0 Å². The Morgan fingerprint density at radius 2 is 1.93 bits per heavy atom. The maximum atomic E-state index is 11.2. The second-order valence-corrected chi connectivity index (χ2v) is 5.34. The zero-order chi connectivity index (χ0) is 11.3. The first-order valence-electron chi connectivity index (χ1n) is 6.04. The van der Waals surface area contributed by atoms with Gasteiger partial charge in [-0.05, 0) is 26.2 Å². The summed E-state index contributed by atoms with van der Waals surface area (Å²) in [6.07, 6.45) is 7.81. The number of hydrogen-bond acceptors (Lipinski definition) is 2. The lowest BCUT2D eigenvalue weighted by molar-refractivity contribution is -0.121. The molecule has 0 unspecified atom stereocenters. The molecular weight excluding hydrogens is 188 g/mol. The molecule has 0 aliphatic heterocycles. The molecule has 88 valence electrons. The Labute approximate surface area is 92.8 Å². The molecule has 0 radical (unpaired) electrons. The van der Waals surface area contributed by atoms with Gasteiger partial charge >= 0.3 is 0 Å². The molecule has 1 aliphatic carbocycles. The first-order valence-corrected chi connectivity index (χ1v) is 6.04. The summed E-state index contributed by atoms with van der Waals surface area (Å²) in [5.41, 5.74) is 5.20. The fourth-order valence-corrected chi connectivity index (χ4v) is 2.59. The minimum atomic E-state index is -0.0988. The summed E-state index contributed by atoms with van der Waals surface area (Å²) in [5, 5.41) is 2.99. The molecule has 0 aromatic rings. The largest absolute Gasteiger partial charge is 0.350 e. The monoisotopic (exact) mass is 212 g/mol. The van der Waals surface area contributed by atoms with Crippen molar-refractivity contribution in [3.05, 3.63) is 0 Å². The number of nitrogens with one attached hydrogen (secondary N) is 1. The average Bonchev–Trinajstić information content (AvgIpc) is 2.17. The summed E-state index contributed by atoms with van der Waals surface area (Å²) in [7, 11) is 0. The molecule has 0 bridgehead atoms. The molecule has 1 amide bonds. The molecule has 1 aliphatic rings. The highest BCUT2D eigenvalue weighted by molar-refractivity contribution is 5.78. The summed E-state index contributed by atoms with van der Waals surface area (Å²) in [6, 6.07) is 0. The number of hydrogen-bond donors (Lipinski definition) is 2. The average molecular weight is 212 g/mol. The van der Waals surface area contributed by atoms with Gasteiger partial charge in [-0.2, -0.15) is 0 Å². The highest BCUT2D eigenvalue weighted by atomic mass is 16.1. The van der Waals surface area contributed by atoms with E-state index in [1.807, 2.05) is 0 Å². The van der Waals surface area contributed by atoms with Crippen molar-refractivity contribution in [1.29, 1.82) is 0 Å². The van der Waals surface area contributed by atoms with Gasteiger partial charge in [0.05, 0.1) is 6.54 Å². The fourth-order valence-electron chi connectivity index (χ4n) is 2.59. The Hall–Kier alpha value is -0.570. The predicted molar refractivity (Wildman–Crippen MR) is 62.5 cm³/mol. The van der Waals surface area contributed by atoms with Gasteiger partial charge < -0.3 is 11.1 Å². The second kappa shape index (κ2) is 5.50. The maximum absolute atomic E-state index is 11.2. The van der Waals surface area contributed by atoms with Gasteiger partial charge in [-0.1, -0.05) is 32.1 Å². The van der Waals surface area contributed by atoms with Crippen molar-refractivity contribution in [2.24, 2.45) is 11.7 Å². The molecule has 0 atom stereocenters. The Morgan fingerprint density at radius 1 is 1.33 bits per heavy atom. The van der Waals surface area contributed by atoms with Crippen molar-refractivity contribution in [3.63, 3.8) is 0 Å². The Kier molecular flexibility index (Phi) is 4.58. The van der Waals surface area contributed by atoms with Crippen molar-refractivity contribution in [2.45, 2.75) is 57.9 Å². The zero-order valence-corrected chi connectivity index (χ0v) is 10.0. The molecule has 0 heterocycles. The van der Waals surface area contributed by atoms with E-state index >= 15 is 0 Å². The molecule has 0 aromatic heterocycles. The van der Waals surface area contributed by atoms with Crippen molar-refractivity contribution in [3.8, 4) is 0 Å². The van der Waals surface area contributed by atoms with Crippen LogP contribution < -0.4 is 11.1 Å². The number of carbonyl (C=O) groups is 1. The van der Waals surface area contributed by atoms with Crippen LogP contribution in [0.2, 0.25) is 0 Å². The van der Waals surface area contributed by atoms with Crippen LogP contribution in [0.3, 0.4) is 0 Å². The van der Waals surface area contributed by atoms with Gasteiger partial charge in [0.15, 0.2) is 0 Å². The van der Waals surface area contributed by atoms with Crippen LogP contribution >= 0.6 is 0 Å². The molecule has 1 rings (SSSR count). The molecule has 3 heteroatoms. The quantitative estimate of drug-likeness (QED) is 0.746. The first kappa shape index (κ1) is 12.5. The third kappa shape index (κ3) is 4.65. The van der Waals surface area contributed by atoms with Crippen molar-refractivity contribution in [2.75, 3.05) is 6.54 Å². The van der Waals surface area contributed by atoms with E-state index in [0.717, 1.165) is 12.3 Å². The van der Waals surface area contributed by atoms with Gasteiger partial charge in [-0.3, -0.25) is 4.79 Å². The summed E-state index contributed by atoms with van der Waals surface area (Å²) < 4.78 is 0. The predicted octanol–water partition coefficient (Wildman–Crippen LogP) is 1.81. The lowest BCUT2D eigenvalue weighted by Gasteiger charge is -2.32. The SMILES string of the molecule is CC(C)(CC1CCCCC1)NC(=O)CN. The van der Waals surface area contributed by atoms with Crippen LogP contribution in [0.5, 0.6) is 0 Å². The molecule has 0 spiro atoms. The zero-order valence-electron chi connectivity index (χ0n) is 10.0. The smallest absolute Gasteiger partial charge is 0.234 e. The molecule has 1 saturated carbocycles. The van der Waals surface area contributed by atoms with Gasteiger partial charge in [0, 0.05) is 5.54 Å². The molecule has 3 N–H and O–H groups in total. The van der Waals surface area contributed by atoms with Gasteiger partial charge in [0.2, 0.25) is 5.91 Å². The number of amides is 1. The van der Waals surface area contributed by atoms with E-state index in [1.54, 1.807) is 0 Å². The fraction of sp³-hybridized carbons (Fsp3) is 0.917. The Balaban J connectivity index is 2.36. The second-order valence-electron chi connectivity index (χ2n) is 5.34. The van der Waals surface area contributed by atoms with Crippen LogP contribution in [0.1, 0.15) is 52.4 Å². The highest BCUT2D eigenvalue weighted by Gasteiger charge is 2.25. The van der Waals surface area contributed by atoms with E-state index in [-0.39, 0.29) is 18.0 Å². The van der Waals surface area contributed by atoms with Crippen LogP contribution in [0, 0.1) is 5.92 Å². The number of rotatable bonds is 4. The molecule has 0 saturated heterocycles. The van der Waals surface area contributed by atoms with E-state index in [0.29, 0.717) is 0 Å². The standard InChI is InChI=1S/C12H24N2O/c1-12(2,14-11(15)9-13)8-10-6-4-3-5-7-10/h10H,3-9,13H2,1-2H3,(H,14,15). The minimum absolute atomic E-state index is 0.0455. The van der Waals surface area contributed by atoms with Crippen LogP contribution in [0.15, 0.2) is 0 Å². The van der Waals surface area contributed by atoms with Crippen LogP contribution in [-0.4, -0.2) is 18.0 Å². The highest BCUT2D eigenvalue weighted by Crippen LogP contribution is 2.30. The van der Waals surface area contributed by atoms with E-state index in [2.05, 4.69) is 19.2 Å². The summed E-state index contributed by atoms with van der Waals surface area (Å²) in [5.74, 6) is 0.739.